The van der Waals surface area contributed by atoms with Crippen LogP contribution >= 0.6 is 27.5 Å². The molecule has 88 valence electrons. The van der Waals surface area contributed by atoms with Crippen molar-refractivity contribution in [2.45, 2.75) is 5.88 Å². The highest BCUT2D eigenvalue weighted by Gasteiger charge is 2.03. The van der Waals surface area contributed by atoms with E-state index in [2.05, 4.69) is 20.9 Å². The smallest absolute Gasteiger partial charge is 0.146 e. The Balaban J connectivity index is 2.24. The number of hydrogen-bond donors (Lipinski definition) is 0. The fourth-order valence-electron chi connectivity index (χ4n) is 1.32. The van der Waals surface area contributed by atoms with Crippen molar-refractivity contribution in [1.29, 1.82) is 0 Å². The predicted molar refractivity (Wildman–Crippen MR) is 68.0 cm³/mol. The van der Waals surface area contributed by atoms with Crippen LogP contribution in [0.5, 0.6) is 11.5 Å². The first-order valence-corrected chi connectivity index (χ1v) is 6.14. The first-order chi connectivity index (χ1) is 8.17. The second kappa shape index (κ2) is 5.47. The van der Waals surface area contributed by atoms with Crippen LogP contribution in [0.1, 0.15) is 5.56 Å². The van der Waals surface area contributed by atoms with Gasteiger partial charge in [-0.1, -0.05) is 15.9 Å². The Labute approximate surface area is 112 Å². The largest absolute Gasteiger partial charge is 0.456 e. The molecule has 5 heteroatoms. The van der Waals surface area contributed by atoms with E-state index >= 15 is 0 Å². The Bertz CT molecular complexity index is 515. The molecule has 0 aliphatic rings. The minimum absolute atomic E-state index is 0.358. The van der Waals surface area contributed by atoms with Crippen molar-refractivity contribution in [2.24, 2.45) is 0 Å². The maximum atomic E-state index is 13.1. The van der Waals surface area contributed by atoms with Crippen LogP contribution in [0.4, 0.5) is 4.39 Å². The molecule has 0 N–H and O–H groups in total. The number of aromatic nitrogens is 1. The molecule has 0 aliphatic heterocycles. The van der Waals surface area contributed by atoms with Crippen molar-refractivity contribution in [3.8, 4) is 11.5 Å². The van der Waals surface area contributed by atoms with Gasteiger partial charge < -0.3 is 4.74 Å². The minimum Gasteiger partial charge on any atom is -0.456 e. The first-order valence-electron chi connectivity index (χ1n) is 4.81. The molecule has 0 atom stereocenters. The van der Waals surface area contributed by atoms with Gasteiger partial charge in [0.2, 0.25) is 0 Å². The molecule has 0 aliphatic carbocycles. The summed E-state index contributed by atoms with van der Waals surface area (Å²) >= 11 is 8.89. The molecular weight excluding hydrogens is 308 g/mol. The number of benzene rings is 1. The lowest BCUT2D eigenvalue weighted by Gasteiger charge is -2.06. The van der Waals surface area contributed by atoms with Gasteiger partial charge >= 0.3 is 0 Å². The molecule has 1 aromatic carbocycles. The maximum absolute atomic E-state index is 13.1. The van der Waals surface area contributed by atoms with E-state index in [-0.39, 0.29) is 5.82 Å². The highest BCUT2D eigenvalue weighted by Crippen LogP contribution is 2.26. The summed E-state index contributed by atoms with van der Waals surface area (Å²) in [5.41, 5.74) is 0.847. The molecule has 2 rings (SSSR count). The predicted octanol–water partition coefficient (Wildman–Crippen LogP) is 4.51. The summed E-state index contributed by atoms with van der Waals surface area (Å²) in [7, 11) is 0. The number of hydrogen-bond acceptors (Lipinski definition) is 2. The third-order valence-electron chi connectivity index (χ3n) is 2.00. The molecular formula is C12H8BrClFNO. The van der Waals surface area contributed by atoms with E-state index in [9.17, 15) is 4.39 Å². The van der Waals surface area contributed by atoms with Gasteiger partial charge in [-0.2, -0.15) is 0 Å². The monoisotopic (exact) mass is 315 g/mol. The van der Waals surface area contributed by atoms with Crippen LogP contribution in [-0.2, 0) is 5.88 Å². The van der Waals surface area contributed by atoms with Gasteiger partial charge in [-0.25, -0.2) is 4.39 Å². The number of rotatable bonds is 3. The third kappa shape index (κ3) is 3.41. The van der Waals surface area contributed by atoms with E-state index in [1.165, 1.54) is 12.1 Å². The number of nitrogens with zero attached hydrogens (tertiary/aromatic N) is 1. The molecule has 0 radical (unpaired) electrons. The third-order valence-corrected chi connectivity index (χ3v) is 2.76. The molecule has 0 saturated heterocycles. The van der Waals surface area contributed by atoms with Crippen LogP contribution in [-0.4, -0.2) is 4.98 Å². The average Bonchev–Trinajstić information content (AvgIpc) is 2.28. The zero-order valence-corrected chi connectivity index (χ0v) is 11.0. The Morgan fingerprint density at radius 2 is 2.00 bits per heavy atom. The number of ether oxygens (including phenoxy) is 1. The average molecular weight is 317 g/mol. The van der Waals surface area contributed by atoms with E-state index in [0.29, 0.717) is 21.9 Å². The summed E-state index contributed by atoms with van der Waals surface area (Å²) in [4.78, 5) is 3.98. The molecule has 0 bridgehead atoms. The fourth-order valence-corrected chi connectivity index (χ4v) is 1.91. The molecule has 0 fully saturated rings. The normalized spacial score (nSPS) is 10.3. The molecule has 17 heavy (non-hydrogen) atoms. The summed E-state index contributed by atoms with van der Waals surface area (Å²) in [5, 5.41) is 0. The first kappa shape index (κ1) is 12.3. The summed E-state index contributed by atoms with van der Waals surface area (Å²) in [5.74, 6) is 0.929. The lowest BCUT2D eigenvalue weighted by atomic mass is 10.3. The fraction of sp³-hybridized carbons (Fsp3) is 0.0833. The van der Waals surface area contributed by atoms with Crippen molar-refractivity contribution < 1.29 is 9.13 Å². The molecule has 2 nitrogen and oxygen atoms in total. The molecule has 0 amide bonds. The van der Waals surface area contributed by atoms with Crippen LogP contribution in [0.3, 0.4) is 0 Å². The summed E-state index contributed by atoms with van der Waals surface area (Å²) in [6.45, 7) is 0. The highest BCUT2D eigenvalue weighted by atomic mass is 79.9. The maximum Gasteiger partial charge on any atom is 0.146 e. The summed E-state index contributed by atoms with van der Waals surface area (Å²) in [6.07, 6.45) is 3.20. The van der Waals surface area contributed by atoms with Gasteiger partial charge in [0.1, 0.15) is 17.3 Å². The van der Waals surface area contributed by atoms with Crippen LogP contribution < -0.4 is 4.74 Å². The minimum atomic E-state index is -0.365. The molecule has 0 unspecified atom stereocenters. The zero-order chi connectivity index (χ0) is 12.3. The molecule has 0 spiro atoms. The Kier molecular flexibility index (Phi) is 3.97. The second-order valence-electron chi connectivity index (χ2n) is 3.37. The van der Waals surface area contributed by atoms with Crippen LogP contribution in [0.25, 0.3) is 0 Å². The number of pyridine rings is 1. The Morgan fingerprint density at radius 1 is 1.18 bits per heavy atom. The second-order valence-corrected chi connectivity index (χ2v) is 4.55. The quantitative estimate of drug-likeness (QED) is 0.777. The highest BCUT2D eigenvalue weighted by molar-refractivity contribution is 9.10. The van der Waals surface area contributed by atoms with Crippen molar-refractivity contribution in [2.75, 3.05) is 0 Å². The van der Waals surface area contributed by atoms with Crippen molar-refractivity contribution in [1.82, 2.24) is 4.98 Å². The standard InChI is InChI=1S/C12H8BrClFNO/c13-9-2-10(15)4-11(3-9)17-12-1-8(5-14)6-16-7-12/h1-4,6-7H,5H2. The van der Waals surface area contributed by atoms with Gasteiger partial charge in [0.25, 0.3) is 0 Å². The number of halogens is 3. The zero-order valence-electron chi connectivity index (χ0n) is 8.66. The van der Waals surface area contributed by atoms with E-state index in [0.717, 1.165) is 5.56 Å². The number of alkyl halides is 1. The van der Waals surface area contributed by atoms with Crippen LogP contribution in [0, 0.1) is 5.82 Å². The van der Waals surface area contributed by atoms with E-state index in [4.69, 9.17) is 16.3 Å². The lowest BCUT2D eigenvalue weighted by Crippen LogP contribution is -1.88. The SMILES string of the molecule is Fc1cc(Br)cc(Oc2cncc(CCl)c2)c1. The molecule has 1 heterocycles. The summed E-state index contributed by atoms with van der Waals surface area (Å²) in [6, 6.07) is 6.10. The topological polar surface area (TPSA) is 22.1 Å². The van der Waals surface area contributed by atoms with Crippen molar-refractivity contribution in [3.05, 3.63) is 52.5 Å². The Hall–Kier alpha value is -1.13. The van der Waals surface area contributed by atoms with E-state index < -0.39 is 0 Å². The summed E-state index contributed by atoms with van der Waals surface area (Å²) < 4.78 is 19.2. The lowest BCUT2D eigenvalue weighted by molar-refractivity contribution is 0.473. The van der Waals surface area contributed by atoms with Gasteiger partial charge in [-0.05, 0) is 23.8 Å². The van der Waals surface area contributed by atoms with Crippen molar-refractivity contribution in [3.63, 3.8) is 0 Å². The van der Waals surface area contributed by atoms with Gasteiger partial charge in [-0.3, -0.25) is 4.98 Å². The van der Waals surface area contributed by atoms with Gasteiger partial charge in [0.05, 0.1) is 6.20 Å². The van der Waals surface area contributed by atoms with Crippen molar-refractivity contribution >= 4 is 27.5 Å². The van der Waals surface area contributed by atoms with E-state index in [1.54, 1.807) is 24.5 Å². The Morgan fingerprint density at radius 3 is 2.71 bits per heavy atom. The molecule has 1 aromatic heterocycles. The molecule has 0 saturated carbocycles. The molecule has 2 aromatic rings. The van der Waals surface area contributed by atoms with Gasteiger partial charge in [0.15, 0.2) is 0 Å². The van der Waals surface area contributed by atoms with Crippen LogP contribution in [0.2, 0.25) is 0 Å². The van der Waals surface area contributed by atoms with Gasteiger partial charge in [0, 0.05) is 22.6 Å². The van der Waals surface area contributed by atoms with Gasteiger partial charge in [-0.15, -0.1) is 11.6 Å². The van der Waals surface area contributed by atoms with Crippen LogP contribution in [0.15, 0.2) is 41.1 Å². The van der Waals surface area contributed by atoms with E-state index in [1.807, 2.05) is 0 Å².